The predicted molar refractivity (Wildman–Crippen MR) is 89.7 cm³/mol. The zero-order chi connectivity index (χ0) is 14.9. The molecular weight excluding hydrogens is 433 g/mol. The predicted octanol–water partition coefficient (Wildman–Crippen LogP) is 3.72. The van der Waals surface area contributed by atoms with Gasteiger partial charge in [0.1, 0.15) is 10.0 Å². The topological polar surface area (TPSA) is 72.0 Å². The van der Waals surface area contributed by atoms with Crippen LogP contribution in [0.3, 0.4) is 0 Å². The maximum absolute atomic E-state index is 12.3. The first-order valence-electron chi connectivity index (χ1n) is 5.59. The average molecular weight is 444 g/mol. The molecule has 0 amide bonds. The Balaban J connectivity index is 2.42. The fourth-order valence-electron chi connectivity index (χ4n) is 1.38. The summed E-state index contributed by atoms with van der Waals surface area (Å²) in [5.41, 5.74) is 0.511. The van der Waals surface area contributed by atoms with Crippen LogP contribution >= 0.6 is 45.5 Å². The lowest BCUT2D eigenvalue weighted by atomic mass is 10.5. The molecule has 0 aliphatic heterocycles. The number of nitrogens with zero attached hydrogens (tertiary/aromatic N) is 2. The van der Waals surface area contributed by atoms with Crippen molar-refractivity contribution >= 4 is 66.9 Å². The number of anilines is 2. The van der Waals surface area contributed by atoms with E-state index >= 15 is 0 Å². The molecule has 0 aliphatic rings. The molecule has 0 atom stereocenters. The van der Waals surface area contributed by atoms with Crippen LogP contribution in [0.2, 0.25) is 5.28 Å². The summed E-state index contributed by atoms with van der Waals surface area (Å²) in [6, 6.07) is 1.71. The minimum Gasteiger partial charge on any atom is -0.337 e. The molecule has 2 aromatic heterocycles. The number of halogens is 2. The highest BCUT2D eigenvalue weighted by atomic mass is 127. The Hall–Kier alpha value is -0.450. The van der Waals surface area contributed by atoms with Crippen molar-refractivity contribution in [2.75, 3.05) is 5.32 Å². The SMILES string of the molecule is CC(C)S(=O)(=O)c1sccc1Nc1nc(Cl)ncc1I. The van der Waals surface area contributed by atoms with Gasteiger partial charge >= 0.3 is 0 Å². The number of thiophene rings is 1. The van der Waals surface area contributed by atoms with Crippen molar-refractivity contribution in [1.29, 1.82) is 0 Å². The van der Waals surface area contributed by atoms with Gasteiger partial charge in [0.15, 0.2) is 9.84 Å². The van der Waals surface area contributed by atoms with E-state index in [0.29, 0.717) is 15.7 Å². The van der Waals surface area contributed by atoms with Crippen LogP contribution in [-0.4, -0.2) is 23.6 Å². The second kappa shape index (κ2) is 6.12. The van der Waals surface area contributed by atoms with Gasteiger partial charge in [-0.2, -0.15) is 4.98 Å². The fourth-order valence-corrected chi connectivity index (χ4v) is 4.62. The third-order valence-corrected chi connectivity index (χ3v) is 7.12. The van der Waals surface area contributed by atoms with Gasteiger partial charge in [0.2, 0.25) is 5.28 Å². The molecule has 0 saturated carbocycles. The first-order valence-corrected chi connectivity index (χ1v) is 9.47. The zero-order valence-electron chi connectivity index (χ0n) is 10.6. The molecule has 5 nitrogen and oxygen atoms in total. The highest BCUT2D eigenvalue weighted by molar-refractivity contribution is 14.1. The molecule has 2 aromatic rings. The van der Waals surface area contributed by atoms with E-state index in [1.807, 2.05) is 0 Å². The molecule has 2 rings (SSSR count). The molecule has 108 valence electrons. The van der Waals surface area contributed by atoms with Gasteiger partial charge in [-0.1, -0.05) is 0 Å². The molecule has 0 spiro atoms. The lowest BCUT2D eigenvalue weighted by Crippen LogP contribution is -2.14. The second-order valence-electron chi connectivity index (χ2n) is 4.18. The number of nitrogens with one attached hydrogen (secondary N) is 1. The first-order chi connectivity index (χ1) is 9.32. The van der Waals surface area contributed by atoms with Crippen molar-refractivity contribution in [3.63, 3.8) is 0 Å². The number of aromatic nitrogens is 2. The molecule has 0 unspecified atom stereocenters. The fraction of sp³-hybridized carbons (Fsp3) is 0.273. The molecule has 0 radical (unpaired) electrons. The van der Waals surface area contributed by atoms with Crippen LogP contribution in [-0.2, 0) is 9.84 Å². The number of rotatable bonds is 4. The Morgan fingerprint density at radius 3 is 2.80 bits per heavy atom. The Bertz CT molecular complexity index is 731. The largest absolute Gasteiger partial charge is 0.337 e. The van der Waals surface area contributed by atoms with Crippen LogP contribution in [0.25, 0.3) is 0 Å². The normalized spacial score (nSPS) is 11.8. The summed E-state index contributed by atoms with van der Waals surface area (Å²) in [5.74, 6) is 0.490. The van der Waals surface area contributed by atoms with Crippen molar-refractivity contribution < 1.29 is 8.42 Å². The molecule has 9 heteroatoms. The molecule has 0 aliphatic carbocycles. The smallest absolute Gasteiger partial charge is 0.224 e. The van der Waals surface area contributed by atoms with Crippen LogP contribution in [0.15, 0.2) is 21.9 Å². The lowest BCUT2D eigenvalue weighted by molar-refractivity contribution is 0.590. The summed E-state index contributed by atoms with van der Waals surface area (Å²) in [6.45, 7) is 3.31. The van der Waals surface area contributed by atoms with E-state index in [9.17, 15) is 8.42 Å². The molecule has 2 heterocycles. The van der Waals surface area contributed by atoms with Gasteiger partial charge in [-0.15, -0.1) is 11.3 Å². The Labute approximate surface area is 139 Å². The summed E-state index contributed by atoms with van der Waals surface area (Å²) in [6.07, 6.45) is 1.57. The molecule has 0 aromatic carbocycles. The van der Waals surface area contributed by atoms with Crippen LogP contribution < -0.4 is 5.32 Å². The third-order valence-electron chi connectivity index (χ3n) is 2.48. The molecule has 0 fully saturated rings. The standard InChI is InChI=1S/C11H11ClIN3O2S2/c1-6(2)20(17,18)10-8(3-4-19-10)15-9-7(13)5-14-11(12)16-9/h3-6H,1-2H3,(H,14,15,16). The Morgan fingerprint density at radius 1 is 1.45 bits per heavy atom. The van der Waals surface area contributed by atoms with E-state index in [-0.39, 0.29) is 5.28 Å². The number of sulfone groups is 1. The Kier molecular flexibility index (Phi) is 4.88. The van der Waals surface area contributed by atoms with E-state index in [1.54, 1.807) is 31.5 Å². The van der Waals surface area contributed by atoms with Crippen molar-refractivity contribution in [1.82, 2.24) is 9.97 Å². The monoisotopic (exact) mass is 443 g/mol. The van der Waals surface area contributed by atoms with Crippen molar-refractivity contribution in [2.24, 2.45) is 0 Å². The summed E-state index contributed by atoms with van der Waals surface area (Å²) in [5, 5.41) is 4.37. The Morgan fingerprint density at radius 2 is 2.15 bits per heavy atom. The number of hydrogen-bond donors (Lipinski definition) is 1. The van der Waals surface area contributed by atoms with E-state index < -0.39 is 15.1 Å². The summed E-state index contributed by atoms with van der Waals surface area (Å²) in [7, 11) is -3.33. The second-order valence-corrected chi connectivity index (χ2v) is 9.29. The maximum Gasteiger partial charge on any atom is 0.224 e. The molecule has 1 N–H and O–H groups in total. The van der Waals surface area contributed by atoms with E-state index in [2.05, 4.69) is 37.9 Å². The minimum atomic E-state index is -3.33. The highest BCUT2D eigenvalue weighted by Gasteiger charge is 2.24. The first kappa shape index (κ1) is 15.9. The van der Waals surface area contributed by atoms with Gasteiger partial charge in [0.05, 0.1) is 14.5 Å². The van der Waals surface area contributed by atoms with Gasteiger partial charge in [-0.25, -0.2) is 13.4 Å². The van der Waals surface area contributed by atoms with E-state index in [0.717, 1.165) is 3.57 Å². The van der Waals surface area contributed by atoms with Crippen molar-refractivity contribution in [2.45, 2.75) is 23.3 Å². The zero-order valence-corrected chi connectivity index (χ0v) is 15.1. The van der Waals surface area contributed by atoms with Crippen LogP contribution in [0.4, 0.5) is 11.5 Å². The van der Waals surface area contributed by atoms with Gasteiger partial charge in [-0.3, -0.25) is 0 Å². The molecule has 0 bridgehead atoms. The van der Waals surface area contributed by atoms with Crippen LogP contribution in [0.5, 0.6) is 0 Å². The minimum absolute atomic E-state index is 0.108. The van der Waals surface area contributed by atoms with E-state index in [1.165, 1.54) is 11.3 Å². The van der Waals surface area contributed by atoms with Crippen molar-refractivity contribution in [3.05, 3.63) is 26.5 Å². The van der Waals surface area contributed by atoms with Crippen LogP contribution in [0, 0.1) is 3.57 Å². The van der Waals surface area contributed by atoms with Gasteiger partial charge in [0, 0.05) is 6.20 Å². The maximum atomic E-state index is 12.3. The summed E-state index contributed by atoms with van der Waals surface area (Å²) >= 11 is 9.00. The van der Waals surface area contributed by atoms with Gasteiger partial charge in [-0.05, 0) is 59.5 Å². The summed E-state index contributed by atoms with van der Waals surface area (Å²) in [4.78, 5) is 7.92. The average Bonchev–Trinajstić information content (AvgIpc) is 2.82. The molecule has 0 saturated heterocycles. The van der Waals surface area contributed by atoms with Crippen molar-refractivity contribution in [3.8, 4) is 0 Å². The highest BCUT2D eigenvalue weighted by Crippen LogP contribution is 2.33. The molecule has 20 heavy (non-hydrogen) atoms. The third kappa shape index (κ3) is 3.23. The quantitative estimate of drug-likeness (QED) is 0.576. The summed E-state index contributed by atoms with van der Waals surface area (Å²) < 4.78 is 25.6. The van der Waals surface area contributed by atoms with Gasteiger partial charge < -0.3 is 5.32 Å². The van der Waals surface area contributed by atoms with Gasteiger partial charge in [0.25, 0.3) is 0 Å². The number of hydrogen-bond acceptors (Lipinski definition) is 6. The lowest BCUT2D eigenvalue weighted by Gasteiger charge is -2.11. The molecular formula is C11H11ClIN3O2S2. The van der Waals surface area contributed by atoms with Crippen LogP contribution in [0.1, 0.15) is 13.8 Å². The van der Waals surface area contributed by atoms with E-state index in [4.69, 9.17) is 11.6 Å².